The van der Waals surface area contributed by atoms with Crippen LogP contribution in [0.4, 0.5) is 0 Å². The molecule has 0 bridgehead atoms. The van der Waals surface area contributed by atoms with Gasteiger partial charge in [0, 0.05) is 17.8 Å². The van der Waals surface area contributed by atoms with Crippen LogP contribution in [0, 0.1) is 53.3 Å². The Hall–Kier alpha value is -2.10. The number of hydrogen-bond donors (Lipinski definition) is 0. The van der Waals surface area contributed by atoms with Gasteiger partial charge < -0.3 is 14.2 Å². The first-order valence-corrected chi connectivity index (χ1v) is 16.3. The van der Waals surface area contributed by atoms with Crippen LogP contribution in [0.3, 0.4) is 0 Å². The van der Waals surface area contributed by atoms with Crippen LogP contribution >= 0.6 is 0 Å². The monoisotopic (exact) mass is 540 g/mol. The predicted molar refractivity (Wildman–Crippen MR) is 161 cm³/mol. The fourth-order valence-electron chi connectivity index (χ4n) is 9.32. The van der Waals surface area contributed by atoms with Crippen LogP contribution in [0.1, 0.15) is 71.3 Å². The third-order valence-corrected chi connectivity index (χ3v) is 11.3. The molecule has 0 amide bonds. The first kappa shape index (κ1) is 26.8. The number of hydrogen-bond acceptors (Lipinski definition) is 3. The molecule has 11 atom stereocenters. The molecule has 0 aromatic heterocycles. The minimum absolute atomic E-state index is 0.0596. The molecule has 1 aromatic rings. The lowest BCUT2D eigenvalue weighted by Crippen LogP contribution is -2.62. The van der Waals surface area contributed by atoms with Gasteiger partial charge in [-0.2, -0.15) is 0 Å². The van der Waals surface area contributed by atoms with E-state index in [1.54, 1.807) is 0 Å². The summed E-state index contributed by atoms with van der Waals surface area (Å²) in [6, 6.07) is 9.00. The molecule has 0 N–H and O–H groups in total. The van der Waals surface area contributed by atoms with Gasteiger partial charge >= 0.3 is 0 Å². The number of allylic oxidation sites excluding steroid dienone is 4. The molecule has 40 heavy (non-hydrogen) atoms. The molecular weight excluding hydrogens is 492 g/mol. The maximum atomic E-state index is 7.14. The third-order valence-electron chi connectivity index (χ3n) is 11.3. The smallest absolute Gasteiger partial charge is 0.204 e. The summed E-state index contributed by atoms with van der Waals surface area (Å²) < 4.78 is 20.7. The van der Waals surface area contributed by atoms with Gasteiger partial charge in [-0.05, 0) is 84.8 Å². The molecule has 1 aromatic carbocycles. The Kier molecular flexibility index (Phi) is 7.33. The molecule has 7 rings (SSSR count). The van der Waals surface area contributed by atoms with E-state index < -0.39 is 0 Å². The van der Waals surface area contributed by atoms with Crippen molar-refractivity contribution in [2.24, 2.45) is 53.3 Å². The first-order chi connectivity index (χ1) is 19.5. The normalized spacial score (nSPS) is 40.0. The Morgan fingerprint density at radius 2 is 1.45 bits per heavy atom. The number of rotatable bonds is 9. The summed E-state index contributed by atoms with van der Waals surface area (Å²) in [5, 5.41) is 0. The molecule has 4 fully saturated rings. The molecule has 1 saturated heterocycles. The van der Waals surface area contributed by atoms with Gasteiger partial charge in [0.2, 0.25) is 6.29 Å². The Balaban J connectivity index is 1.16. The fourth-order valence-corrected chi connectivity index (χ4v) is 9.32. The molecular formula is C37H48O3. The van der Waals surface area contributed by atoms with E-state index in [0.29, 0.717) is 23.9 Å². The van der Waals surface area contributed by atoms with Crippen LogP contribution < -0.4 is 4.74 Å². The van der Waals surface area contributed by atoms with E-state index in [2.05, 4.69) is 101 Å². The van der Waals surface area contributed by atoms with Crippen molar-refractivity contribution >= 4 is 0 Å². The molecule has 0 radical (unpaired) electrons. The summed E-state index contributed by atoms with van der Waals surface area (Å²) in [7, 11) is 0. The van der Waals surface area contributed by atoms with E-state index in [1.165, 1.54) is 37.7 Å². The van der Waals surface area contributed by atoms with Gasteiger partial charge in [-0.15, -0.1) is 0 Å². The molecule has 5 aliphatic carbocycles. The summed E-state index contributed by atoms with van der Waals surface area (Å²) in [6.45, 7) is 9.35. The molecule has 1 aliphatic heterocycles. The van der Waals surface area contributed by atoms with Gasteiger partial charge in [-0.3, -0.25) is 0 Å². The van der Waals surface area contributed by atoms with Crippen molar-refractivity contribution in [1.29, 1.82) is 0 Å². The molecule has 0 spiro atoms. The zero-order valence-electron chi connectivity index (χ0n) is 24.8. The van der Waals surface area contributed by atoms with Crippen LogP contribution in [-0.2, 0) is 9.47 Å². The standard InChI is InChI=1S/C37H48O3/c1-22(2)20-30(23(3)4)24-16-18-25(19-17-24)38-37(40-34-21-31-26-12-9-13-27(26)35(31)34)36-28-10-5-7-14-32(28)39-33-15-8-6-11-29(33)36/h5-8,10-11,14-19,22-23,26-37H,9,12-13,20-21H2,1-4H3. The second-order valence-corrected chi connectivity index (χ2v) is 14.3. The zero-order valence-corrected chi connectivity index (χ0v) is 24.8. The zero-order chi connectivity index (χ0) is 27.4. The van der Waals surface area contributed by atoms with Crippen molar-refractivity contribution in [3.63, 3.8) is 0 Å². The highest BCUT2D eigenvalue weighted by Gasteiger charge is 2.63. The molecule has 1 heterocycles. The van der Waals surface area contributed by atoms with Crippen molar-refractivity contribution in [2.45, 2.75) is 90.3 Å². The van der Waals surface area contributed by atoms with E-state index in [1.807, 2.05) is 0 Å². The fraction of sp³-hybridized carbons (Fsp3) is 0.622. The SMILES string of the molecule is CC(C)CC(c1ccc(OC(OC2CC3C4CCCC4C23)C2C3C=CC=CC3OC3C=CC=CC32)cc1)C(C)C. The quantitative estimate of drug-likeness (QED) is 0.294. The lowest BCUT2D eigenvalue weighted by atomic mass is 9.46. The highest BCUT2D eigenvalue weighted by atomic mass is 16.7. The number of fused-ring (bicyclic) bond motifs is 6. The highest BCUT2D eigenvalue weighted by molar-refractivity contribution is 5.31. The third kappa shape index (κ3) is 4.75. The van der Waals surface area contributed by atoms with Gasteiger partial charge in [0.25, 0.3) is 0 Å². The minimum Gasteiger partial charge on any atom is -0.465 e. The molecule has 3 heteroatoms. The lowest BCUT2D eigenvalue weighted by Gasteiger charge is -2.62. The molecule has 3 nitrogen and oxygen atoms in total. The summed E-state index contributed by atoms with van der Waals surface area (Å²) in [4.78, 5) is 0. The number of ether oxygens (including phenoxy) is 3. The van der Waals surface area contributed by atoms with E-state index in [0.717, 1.165) is 29.4 Å². The van der Waals surface area contributed by atoms with E-state index in [-0.39, 0.29) is 36.3 Å². The van der Waals surface area contributed by atoms with Crippen LogP contribution in [0.15, 0.2) is 72.9 Å². The summed E-state index contributed by atoms with van der Waals surface area (Å²) in [6.07, 6.45) is 24.6. The van der Waals surface area contributed by atoms with Crippen molar-refractivity contribution in [1.82, 2.24) is 0 Å². The van der Waals surface area contributed by atoms with Crippen LogP contribution in [0.5, 0.6) is 5.75 Å². The Bertz CT molecular complexity index is 1120. The van der Waals surface area contributed by atoms with Crippen molar-refractivity contribution in [3.05, 3.63) is 78.4 Å². The maximum Gasteiger partial charge on any atom is 0.204 e. The second-order valence-electron chi connectivity index (χ2n) is 14.3. The Labute approximate surface area is 241 Å². The van der Waals surface area contributed by atoms with Gasteiger partial charge in [-0.25, -0.2) is 0 Å². The summed E-state index contributed by atoms with van der Waals surface area (Å²) >= 11 is 0. The average Bonchev–Trinajstić information content (AvgIpc) is 3.34. The van der Waals surface area contributed by atoms with Crippen LogP contribution in [0.25, 0.3) is 0 Å². The highest BCUT2D eigenvalue weighted by Crippen LogP contribution is 2.65. The van der Waals surface area contributed by atoms with E-state index >= 15 is 0 Å². The largest absolute Gasteiger partial charge is 0.465 e. The summed E-state index contributed by atoms with van der Waals surface area (Å²) in [5.41, 5.74) is 1.42. The van der Waals surface area contributed by atoms with Crippen molar-refractivity contribution in [2.75, 3.05) is 0 Å². The van der Waals surface area contributed by atoms with Gasteiger partial charge in [0.05, 0.1) is 18.3 Å². The Morgan fingerprint density at radius 1 is 0.800 bits per heavy atom. The van der Waals surface area contributed by atoms with Crippen molar-refractivity contribution in [3.8, 4) is 5.75 Å². The van der Waals surface area contributed by atoms with Crippen LogP contribution in [0.2, 0.25) is 0 Å². The molecule has 6 aliphatic rings. The first-order valence-electron chi connectivity index (χ1n) is 16.3. The van der Waals surface area contributed by atoms with Crippen molar-refractivity contribution < 1.29 is 14.2 Å². The predicted octanol–water partition coefficient (Wildman–Crippen LogP) is 8.50. The Morgan fingerprint density at radius 3 is 2.10 bits per heavy atom. The number of benzene rings is 1. The van der Waals surface area contributed by atoms with E-state index in [9.17, 15) is 0 Å². The van der Waals surface area contributed by atoms with Gasteiger partial charge in [0.15, 0.2) is 0 Å². The van der Waals surface area contributed by atoms with Gasteiger partial charge in [0.1, 0.15) is 5.75 Å². The molecule has 3 saturated carbocycles. The van der Waals surface area contributed by atoms with Crippen LogP contribution in [-0.4, -0.2) is 24.6 Å². The topological polar surface area (TPSA) is 27.7 Å². The summed E-state index contributed by atoms with van der Waals surface area (Å²) in [5.74, 6) is 6.97. The van der Waals surface area contributed by atoms with Gasteiger partial charge in [-0.1, -0.05) is 94.9 Å². The molecule has 11 unspecified atom stereocenters. The molecule has 214 valence electrons. The average molecular weight is 541 g/mol. The lowest BCUT2D eigenvalue weighted by molar-refractivity contribution is -0.273. The second kappa shape index (κ2) is 11.0. The van der Waals surface area contributed by atoms with E-state index in [4.69, 9.17) is 14.2 Å². The maximum absolute atomic E-state index is 7.14. The minimum atomic E-state index is -0.301.